The summed E-state index contributed by atoms with van der Waals surface area (Å²) in [5.74, 6) is 3.75. The second-order valence-electron chi connectivity index (χ2n) is 11.4. The summed E-state index contributed by atoms with van der Waals surface area (Å²) >= 11 is 0. The number of carbonyl (C=O) groups is 2. The molecule has 34 heavy (non-hydrogen) atoms. The van der Waals surface area contributed by atoms with Gasteiger partial charge in [-0.1, -0.05) is 55.9 Å². The quantitative estimate of drug-likeness (QED) is 0.388. The Morgan fingerprint density at radius 1 is 0.971 bits per heavy atom. The van der Waals surface area contributed by atoms with Crippen molar-refractivity contribution in [3.05, 3.63) is 0 Å². The molecular weight excluding hydrogens is 424 g/mol. The molecule has 4 aliphatic carbocycles. The van der Waals surface area contributed by atoms with Crippen molar-refractivity contribution in [1.82, 2.24) is 0 Å². The van der Waals surface area contributed by atoms with E-state index in [4.69, 9.17) is 9.84 Å². The summed E-state index contributed by atoms with van der Waals surface area (Å²) in [6, 6.07) is 0. The zero-order chi connectivity index (χ0) is 24.8. The minimum atomic E-state index is -0.652. The van der Waals surface area contributed by atoms with Crippen molar-refractivity contribution < 1.29 is 19.4 Å². The van der Waals surface area contributed by atoms with Crippen molar-refractivity contribution in [2.24, 2.45) is 46.3 Å². The van der Waals surface area contributed by atoms with Gasteiger partial charge < -0.3 is 9.84 Å². The predicted octanol–water partition coefficient (Wildman–Crippen LogP) is 8.38. The molecule has 0 amide bonds. The molecule has 0 radical (unpaired) electrons. The molecule has 4 saturated carbocycles. The Kier molecular flexibility index (Phi) is 12.1. The standard InChI is InChI=1S/C25H40O4.2C2H6.CH4/c1-16(4-9-23(27)28)20-7-8-21-19-6-5-17-14-18(29-15-26)10-12-24(17,2)22(19)11-13-25(20,21)3;2*1-2;/h15-22H,4-14H2,1-3H3,(H,27,28);2*1-2H3;1H4/t16-,17?,18-,19?,20-,21?,22?,24?,25?;;;/m1.../s1. The number of aliphatic carboxylic acids is 1. The molecule has 4 heteroatoms. The number of hydrogen-bond donors (Lipinski definition) is 1. The van der Waals surface area contributed by atoms with Crippen molar-refractivity contribution in [3.63, 3.8) is 0 Å². The molecular formula is C30H56O4. The lowest BCUT2D eigenvalue weighted by atomic mass is 9.44. The topological polar surface area (TPSA) is 63.6 Å². The molecule has 0 heterocycles. The first-order chi connectivity index (χ1) is 15.8. The van der Waals surface area contributed by atoms with Crippen LogP contribution >= 0.6 is 0 Å². The van der Waals surface area contributed by atoms with Crippen LogP contribution in [0.25, 0.3) is 0 Å². The number of rotatable bonds is 6. The van der Waals surface area contributed by atoms with Gasteiger partial charge in [0.2, 0.25) is 0 Å². The van der Waals surface area contributed by atoms with Gasteiger partial charge in [-0.3, -0.25) is 9.59 Å². The molecule has 200 valence electrons. The zero-order valence-corrected chi connectivity index (χ0v) is 22.6. The molecule has 0 aliphatic heterocycles. The first-order valence-corrected chi connectivity index (χ1v) is 14.1. The minimum Gasteiger partial charge on any atom is -0.481 e. The summed E-state index contributed by atoms with van der Waals surface area (Å²) in [7, 11) is 0. The summed E-state index contributed by atoms with van der Waals surface area (Å²) < 4.78 is 5.36. The maximum atomic E-state index is 11.1. The van der Waals surface area contributed by atoms with Crippen LogP contribution in [-0.4, -0.2) is 23.7 Å². The Hall–Kier alpha value is -1.06. The number of carboxylic acids is 1. The third-order valence-corrected chi connectivity index (χ3v) is 10.4. The fraction of sp³-hybridized carbons (Fsp3) is 0.933. The lowest BCUT2D eigenvalue weighted by Crippen LogP contribution is -2.54. The monoisotopic (exact) mass is 480 g/mol. The van der Waals surface area contributed by atoms with Gasteiger partial charge in [-0.25, -0.2) is 0 Å². The largest absolute Gasteiger partial charge is 0.481 e. The van der Waals surface area contributed by atoms with Crippen molar-refractivity contribution in [1.29, 1.82) is 0 Å². The van der Waals surface area contributed by atoms with Gasteiger partial charge in [-0.2, -0.15) is 0 Å². The summed E-state index contributed by atoms with van der Waals surface area (Å²) in [6.07, 6.45) is 12.5. The molecule has 0 bridgehead atoms. The summed E-state index contributed by atoms with van der Waals surface area (Å²) in [4.78, 5) is 21.9. The van der Waals surface area contributed by atoms with Gasteiger partial charge in [0.25, 0.3) is 6.47 Å². The third-order valence-electron chi connectivity index (χ3n) is 10.4. The van der Waals surface area contributed by atoms with Gasteiger partial charge in [0.15, 0.2) is 0 Å². The van der Waals surface area contributed by atoms with Crippen molar-refractivity contribution in [2.75, 3.05) is 0 Å². The minimum absolute atomic E-state index is 0. The lowest BCUT2D eigenvalue weighted by molar-refractivity contribution is -0.151. The molecule has 6 unspecified atom stereocenters. The maximum absolute atomic E-state index is 11.1. The summed E-state index contributed by atoms with van der Waals surface area (Å²) in [6.45, 7) is 16.1. The molecule has 0 spiro atoms. The second kappa shape index (κ2) is 13.3. The average molecular weight is 481 g/mol. The fourth-order valence-electron chi connectivity index (χ4n) is 8.95. The summed E-state index contributed by atoms with van der Waals surface area (Å²) in [5.41, 5.74) is 0.820. The predicted molar refractivity (Wildman–Crippen MR) is 142 cm³/mol. The molecule has 0 aromatic heterocycles. The molecule has 4 nitrogen and oxygen atoms in total. The second-order valence-corrected chi connectivity index (χ2v) is 11.4. The fourth-order valence-corrected chi connectivity index (χ4v) is 8.95. The van der Waals surface area contributed by atoms with Gasteiger partial charge in [-0.05, 0) is 111 Å². The highest BCUT2D eigenvalue weighted by Gasteiger charge is 2.60. The summed E-state index contributed by atoms with van der Waals surface area (Å²) in [5, 5.41) is 9.12. The highest BCUT2D eigenvalue weighted by atomic mass is 16.5. The molecule has 4 fully saturated rings. The van der Waals surface area contributed by atoms with Crippen LogP contribution in [-0.2, 0) is 14.3 Å². The van der Waals surface area contributed by atoms with Crippen LogP contribution in [0.5, 0.6) is 0 Å². The van der Waals surface area contributed by atoms with Crippen LogP contribution in [0.4, 0.5) is 0 Å². The van der Waals surface area contributed by atoms with E-state index in [1.807, 2.05) is 27.7 Å². The first kappa shape index (κ1) is 31.0. The Morgan fingerprint density at radius 3 is 2.21 bits per heavy atom. The molecule has 0 saturated heterocycles. The van der Waals surface area contributed by atoms with E-state index >= 15 is 0 Å². The molecule has 4 rings (SSSR count). The van der Waals surface area contributed by atoms with Gasteiger partial charge in [0.05, 0.1) is 0 Å². The van der Waals surface area contributed by atoms with E-state index in [9.17, 15) is 9.59 Å². The van der Waals surface area contributed by atoms with E-state index in [0.29, 0.717) is 41.5 Å². The average Bonchev–Trinajstić information content (AvgIpc) is 3.18. The van der Waals surface area contributed by atoms with Crippen LogP contribution in [0.2, 0.25) is 0 Å². The SMILES string of the molecule is C.CC.CC.C[C@H](CCC(=O)O)[C@H]1CCC2C3CCC4C[C@H](OC=O)CCC4(C)C3CCC21C. The highest BCUT2D eigenvalue weighted by Crippen LogP contribution is 2.68. The van der Waals surface area contributed by atoms with E-state index in [1.54, 1.807) is 0 Å². The van der Waals surface area contributed by atoms with Crippen LogP contribution in [0.3, 0.4) is 0 Å². The van der Waals surface area contributed by atoms with Crippen LogP contribution in [0, 0.1) is 46.3 Å². The smallest absolute Gasteiger partial charge is 0.303 e. The molecule has 9 atom stereocenters. The van der Waals surface area contributed by atoms with E-state index in [1.165, 1.54) is 44.9 Å². The molecule has 0 aromatic carbocycles. The molecule has 0 aromatic rings. The van der Waals surface area contributed by atoms with Crippen LogP contribution in [0.1, 0.15) is 127 Å². The Morgan fingerprint density at radius 2 is 1.59 bits per heavy atom. The first-order valence-electron chi connectivity index (χ1n) is 14.1. The van der Waals surface area contributed by atoms with Gasteiger partial charge in [0.1, 0.15) is 6.10 Å². The normalized spacial score (nSPS) is 40.8. The van der Waals surface area contributed by atoms with Crippen LogP contribution in [0.15, 0.2) is 0 Å². The lowest BCUT2D eigenvalue weighted by Gasteiger charge is -2.61. The van der Waals surface area contributed by atoms with Crippen molar-refractivity contribution >= 4 is 12.4 Å². The number of ether oxygens (including phenoxy) is 1. The zero-order valence-electron chi connectivity index (χ0n) is 22.6. The Balaban J connectivity index is 0.00000110. The number of carbonyl (C=O) groups excluding carboxylic acids is 1. The van der Waals surface area contributed by atoms with E-state index in [-0.39, 0.29) is 13.5 Å². The van der Waals surface area contributed by atoms with Crippen molar-refractivity contribution in [3.8, 4) is 0 Å². The number of hydrogen-bond acceptors (Lipinski definition) is 3. The number of fused-ring (bicyclic) bond motifs is 5. The van der Waals surface area contributed by atoms with Gasteiger partial charge in [0, 0.05) is 6.42 Å². The Bertz CT molecular complexity index is 633. The van der Waals surface area contributed by atoms with Crippen LogP contribution < -0.4 is 0 Å². The molecule has 1 N–H and O–H groups in total. The Labute approximate surface area is 211 Å². The molecule has 4 aliphatic rings. The van der Waals surface area contributed by atoms with Gasteiger partial charge >= 0.3 is 5.97 Å². The van der Waals surface area contributed by atoms with E-state index < -0.39 is 5.97 Å². The third kappa shape index (κ3) is 5.84. The number of carboxylic acid groups (broad SMARTS) is 1. The maximum Gasteiger partial charge on any atom is 0.303 e. The van der Waals surface area contributed by atoms with Crippen molar-refractivity contribution in [2.45, 2.75) is 133 Å². The van der Waals surface area contributed by atoms with Gasteiger partial charge in [-0.15, -0.1) is 0 Å². The van der Waals surface area contributed by atoms with E-state index in [2.05, 4.69) is 20.8 Å². The van der Waals surface area contributed by atoms with E-state index in [0.717, 1.165) is 37.0 Å². The highest BCUT2D eigenvalue weighted by molar-refractivity contribution is 5.66.